The summed E-state index contributed by atoms with van der Waals surface area (Å²) < 4.78 is 25.1. The number of nitrogens with zero attached hydrogens (tertiary/aromatic N) is 1. The molecule has 162 valence electrons. The fourth-order valence-corrected chi connectivity index (χ4v) is 4.15. The van der Waals surface area contributed by atoms with Crippen molar-refractivity contribution in [2.24, 2.45) is 0 Å². The van der Waals surface area contributed by atoms with E-state index in [1.54, 1.807) is 25.1 Å². The first-order chi connectivity index (χ1) is 14.8. The second-order valence-corrected chi connectivity index (χ2v) is 8.56. The molecular formula is C21H16BrClFNO5S. The molecule has 0 bridgehead atoms. The molecule has 0 spiro atoms. The molecule has 0 radical (unpaired) electrons. The van der Waals surface area contributed by atoms with E-state index in [0.29, 0.717) is 15.8 Å². The minimum Gasteiger partial charge on any atom is -0.481 e. The Labute approximate surface area is 195 Å². The smallest absolute Gasteiger partial charge is 0.344 e. The lowest BCUT2D eigenvalue weighted by molar-refractivity contribution is -0.145. The van der Waals surface area contributed by atoms with E-state index < -0.39 is 22.9 Å². The SMILES string of the molecule is CCOC(=O)COc1ccc(Br)cc1/C=C1\SC(=O)N(Cc2c(F)cccc2Cl)C1=O. The van der Waals surface area contributed by atoms with Crippen molar-refractivity contribution in [1.29, 1.82) is 0 Å². The molecule has 2 aromatic carbocycles. The summed E-state index contributed by atoms with van der Waals surface area (Å²) in [6, 6.07) is 9.17. The van der Waals surface area contributed by atoms with Crippen molar-refractivity contribution in [3.05, 3.63) is 67.7 Å². The van der Waals surface area contributed by atoms with Crippen molar-refractivity contribution in [3.63, 3.8) is 0 Å². The van der Waals surface area contributed by atoms with Crippen LogP contribution in [0.3, 0.4) is 0 Å². The van der Waals surface area contributed by atoms with Crippen molar-refractivity contribution in [2.45, 2.75) is 13.5 Å². The zero-order valence-electron chi connectivity index (χ0n) is 16.2. The van der Waals surface area contributed by atoms with Crippen molar-refractivity contribution in [1.82, 2.24) is 4.90 Å². The second-order valence-electron chi connectivity index (χ2n) is 6.24. The summed E-state index contributed by atoms with van der Waals surface area (Å²) >= 11 is 10.1. The van der Waals surface area contributed by atoms with Crippen LogP contribution in [0.4, 0.5) is 9.18 Å². The first kappa shape index (κ1) is 23.3. The van der Waals surface area contributed by atoms with Crippen LogP contribution in [0.15, 0.2) is 45.8 Å². The normalized spacial score (nSPS) is 15.0. The second kappa shape index (κ2) is 10.3. The Kier molecular flexibility index (Phi) is 7.74. The molecule has 0 aromatic heterocycles. The molecule has 0 unspecified atom stereocenters. The highest BCUT2D eigenvalue weighted by Crippen LogP contribution is 2.36. The van der Waals surface area contributed by atoms with Crippen LogP contribution in [0.5, 0.6) is 5.75 Å². The van der Waals surface area contributed by atoms with Gasteiger partial charge in [0.05, 0.1) is 18.1 Å². The summed E-state index contributed by atoms with van der Waals surface area (Å²) in [5.74, 6) is -1.37. The molecule has 1 saturated heterocycles. The third-order valence-corrected chi connectivity index (χ3v) is 5.92. The predicted octanol–water partition coefficient (Wildman–Crippen LogP) is 5.42. The molecule has 2 amide bonds. The van der Waals surface area contributed by atoms with Crippen LogP contribution in [0.1, 0.15) is 18.1 Å². The molecule has 1 heterocycles. The number of hydrogen-bond donors (Lipinski definition) is 0. The summed E-state index contributed by atoms with van der Waals surface area (Å²) in [4.78, 5) is 37.9. The van der Waals surface area contributed by atoms with Gasteiger partial charge in [-0.05, 0) is 55.1 Å². The molecule has 1 aliphatic rings. The summed E-state index contributed by atoms with van der Waals surface area (Å²) in [5.41, 5.74) is 0.543. The number of rotatable bonds is 7. The number of esters is 1. The Bertz CT molecular complexity index is 1060. The van der Waals surface area contributed by atoms with Gasteiger partial charge in [-0.25, -0.2) is 9.18 Å². The van der Waals surface area contributed by atoms with Gasteiger partial charge in [-0.3, -0.25) is 14.5 Å². The predicted molar refractivity (Wildman–Crippen MR) is 119 cm³/mol. The number of ether oxygens (including phenoxy) is 2. The Morgan fingerprint density at radius 3 is 2.77 bits per heavy atom. The van der Waals surface area contributed by atoms with Gasteiger partial charge < -0.3 is 9.47 Å². The van der Waals surface area contributed by atoms with Crippen molar-refractivity contribution < 1.29 is 28.2 Å². The summed E-state index contributed by atoms with van der Waals surface area (Å²) in [6.07, 6.45) is 1.49. The maximum Gasteiger partial charge on any atom is 0.344 e. The third-order valence-electron chi connectivity index (χ3n) is 4.16. The quantitative estimate of drug-likeness (QED) is 0.353. The summed E-state index contributed by atoms with van der Waals surface area (Å²) in [7, 11) is 0. The first-order valence-electron chi connectivity index (χ1n) is 9.06. The standard InChI is InChI=1S/C21H16BrClFNO5S/c1-2-29-19(26)11-30-17-7-6-13(22)8-12(17)9-18-20(27)25(21(28)31-18)10-14-15(23)4-3-5-16(14)24/h3-9H,2,10-11H2,1H3/b18-9-. The lowest BCUT2D eigenvalue weighted by Gasteiger charge is -2.14. The fourth-order valence-electron chi connectivity index (χ4n) is 2.72. The minimum absolute atomic E-state index is 0.0635. The maximum absolute atomic E-state index is 14.1. The van der Waals surface area contributed by atoms with Gasteiger partial charge in [-0.2, -0.15) is 0 Å². The van der Waals surface area contributed by atoms with E-state index in [4.69, 9.17) is 21.1 Å². The zero-order chi connectivity index (χ0) is 22.5. The van der Waals surface area contributed by atoms with E-state index in [1.807, 2.05) is 0 Å². The van der Waals surface area contributed by atoms with Crippen LogP contribution in [0.2, 0.25) is 5.02 Å². The highest BCUT2D eigenvalue weighted by molar-refractivity contribution is 9.10. The van der Waals surface area contributed by atoms with E-state index in [9.17, 15) is 18.8 Å². The van der Waals surface area contributed by atoms with E-state index >= 15 is 0 Å². The molecule has 1 aliphatic heterocycles. The number of benzene rings is 2. The Balaban J connectivity index is 1.84. The largest absolute Gasteiger partial charge is 0.481 e. The van der Waals surface area contributed by atoms with Gasteiger partial charge in [0.15, 0.2) is 6.61 Å². The van der Waals surface area contributed by atoms with Gasteiger partial charge in [-0.15, -0.1) is 0 Å². The van der Waals surface area contributed by atoms with Crippen molar-refractivity contribution in [2.75, 3.05) is 13.2 Å². The Morgan fingerprint density at radius 1 is 1.29 bits per heavy atom. The van der Waals surface area contributed by atoms with Gasteiger partial charge >= 0.3 is 5.97 Å². The van der Waals surface area contributed by atoms with Gasteiger partial charge in [-0.1, -0.05) is 33.6 Å². The summed E-state index contributed by atoms with van der Waals surface area (Å²) in [5, 5.41) is -0.413. The molecule has 0 saturated carbocycles. The average Bonchev–Trinajstić information content (AvgIpc) is 2.97. The topological polar surface area (TPSA) is 72.9 Å². The van der Waals surface area contributed by atoms with E-state index in [0.717, 1.165) is 16.7 Å². The van der Waals surface area contributed by atoms with Crippen LogP contribution >= 0.6 is 39.3 Å². The number of carbonyl (C=O) groups excluding carboxylic acids is 3. The molecule has 0 aliphatic carbocycles. The maximum atomic E-state index is 14.1. The highest BCUT2D eigenvalue weighted by Gasteiger charge is 2.36. The van der Waals surface area contributed by atoms with E-state index in [2.05, 4.69) is 15.9 Å². The number of hydrogen-bond acceptors (Lipinski definition) is 6. The van der Waals surface area contributed by atoms with Crippen LogP contribution < -0.4 is 4.74 Å². The Morgan fingerprint density at radius 2 is 2.06 bits per heavy atom. The van der Waals surface area contributed by atoms with Crippen molar-refractivity contribution >= 4 is 62.5 Å². The van der Waals surface area contributed by atoms with Gasteiger partial charge in [0.2, 0.25) is 0 Å². The number of carbonyl (C=O) groups is 3. The van der Waals surface area contributed by atoms with Crippen LogP contribution in [-0.2, 0) is 20.9 Å². The molecule has 3 rings (SSSR count). The summed E-state index contributed by atoms with van der Waals surface area (Å²) in [6.45, 7) is 1.34. The van der Waals surface area contributed by atoms with Gasteiger partial charge in [0.1, 0.15) is 11.6 Å². The van der Waals surface area contributed by atoms with Crippen molar-refractivity contribution in [3.8, 4) is 5.75 Å². The average molecular weight is 529 g/mol. The first-order valence-corrected chi connectivity index (χ1v) is 11.0. The third kappa shape index (κ3) is 5.66. The van der Waals surface area contributed by atoms with Crippen LogP contribution in [-0.4, -0.2) is 35.2 Å². The number of amides is 2. The number of imide groups is 1. The molecule has 6 nitrogen and oxygen atoms in total. The van der Waals surface area contributed by atoms with Gasteiger partial charge in [0, 0.05) is 20.6 Å². The minimum atomic E-state index is -0.600. The molecule has 31 heavy (non-hydrogen) atoms. The number of thioether (sulfide) groups is 1. The number of halogens is 3. The molecule has 10 heteroatoms. The molecule has 0 atom stereocenters. The zero-order valence-corrected chi connectivity index (χ0v) is 19.4. The fraction of sp³-hybridized carbons (Fsp3) is 0.190. The monoisotopic (exact) mass is 527 g/mol. The lowest BCUT2D eigenvalue weighted by Crippen LogP contribution is -2.28. The lowest BCUT2D eigenvalue weighted by atomic mass is 10.1. The van der Waals surface area contributed by atoms with Crippen LogP contribution in [0.25, 0.3) is 6.08 Å². The highest BCUT2D eigenvalue weighted by atomic mass is 79.9. The van der Waals surface area contributed by atoms with Crippen LogP contribution in [0, 0.1) is 5.82 Å². The van der Waals surface area contributed by atoms with E-state index in [1.165, 1.54) is 24.3 Å². The molecular weight excluding hydrogens is 513 g/mol. The molecule has 0 N–H and O–H groups in total. The van der Waals surface area contributed by atoms with E-state index in [-0.39, 0.29) is 35.2 Å². The molecule has 2 aromatic rings. The molecule has 1 fully saturated rings. The Hall–Kier alpha value is -2.36. The van der Waals surface area contributed by atoms with Gasteiger partial charge in [0.25, 0.3) is 11.1 Å².